The number of fused-ring (bicyclic) bond motifs is 5. The number of carbonyl (C=O) groups excluding carboxylic acids is 1. The fourth-order valence-corrected chi connectivity index (χ4v) is 11.7. The van der Waals surface area contributed by atoms with Gasteiger partial charge in [0.1, 0.15) is 21.4 Å². The monoisotopic (exact) mass is 704 g/mol. The van der Waals surface area contributed by atoms with E-state index in [9.17, 15) is 40.3 Å². The molecule has 0 amide bonds. The lowest BCUT2D eigenvalue weighted by Gasteiger charge is -2.62. The maximum atomic E-state index is 13.0. The minimum atomic E-state index is -5.66. The van der Waals surface area contributed by atoms with Gasteiger partial charge in [-0.25, -0.2) is 8.42 Å². The Morgan fingerprint density at radius 2 is 1.54 bits per heavy atom. The van der Waals surface area contributed by atoms with E-state index >= 15 is 0 Å². The zero-order valence-corrected chi connectivity index (χ0v) is 29.2. The van der Waals surface area contributed by atoms with Crippen LogP contribution >= 0.6 is 0 Å². The van der Waals surface area contributed by atoms with Crippen molar-refractivity contribution in [2.45, 2.75) is 134 Å². The topological polar surface area (TPSA) is 80.7 Å². The van der Waals surface area contributed by atoms with Gasteiger partial charge in [0.25, 0.3) is 0 Å². The molecule has 272 valence electrons. The number of hydrogen-bond donors (Lipinski definition) is 1. The highest BCUT2D eigenvalue weighted by Crippen LogP contribution is 2.69. The van der Waals surface area contributed by atoms with Crippen molar-refractivity contribution in [2.75, 3.05) is 18.1 Å². The van der Waals surface area contributed by atoms with Gasteiger partial charge in [-0.05, 0) is 116 Å². The fourth-order valence-electron chi connectivity index (χ4n) is 10.2. The van der Waals surface area contributed by atoms with Gasteiger partial charge in [-0.15, -0.1) is 0 Å². The molecule has 5 rings (SSSR count). The minimum Gasteiger partial charge on any atom is -0.494 e. The van der Waals surface area contributed by atoms with Crippen molar-refractivity contribution < 1.29 is 45.0 Å². The summed E-state index contributed by atoms with van der Waals surface area (Å²) in [6.45, 7) is 5.27. The van der Waals surface area contributed by atoms with Crippen LogP contribution in [-0.4, -0.2) is 55.6 Å². The van der Waals surface area contributed by atoms with E-state index in [0.29, 0.717) is 67.7 Å². The first-order chi connectivity index (χ1) is 22.5. The van der Waals surface area contributed by atoms with Crippen LogP contribution in [0.25, 0.3) is 0 Å². The third-order valence-electron chi connectivity index (χ3n) is 12.9. The average Bonchev–Trinajstić information content (AvgIpc) is 3.31. The Morgan fingerprint density at radius 3 is 2.25 bits per heavy atom. The third-order valence-corrected chi connectivity index (χ3v) is 14.7. The largest absolute Gasteiger partial charge is 0.494 e. The molecule has 4 aliphatic carbocycles. The number of unbranched alkanes of at least 4 members (excludes halogenated alkanes) is 4. The first-order valence-corrected chi connectivity index (χ1v) is 19.9. The molecule has 0 aliphatic heterocycles. The summed E-state index contributed by atoms with van der Waals surface area (Å²) >= 11 is 0. The van der Waals surface area contributed by atoms with Crippen molar-refractivity contribution in [3.63, 3.8) is 0 Å². The van der Waals surface area contributed by atoms with Crippen molar-refractivity contribution in [2.24, 2.45) is 34.5 Å². The second-order valence-electron chi connectivity index (χ2n) is 15.9. The maximum Gasteiger partial charge on any atom is 0.453 e. The van der Waals surface area contributed by atoms with Crippen molar-refractivity contribution in [1.29, 1.82) is 0 Å². The summed E-state index contributed by atoms with van der Waals surface area (Å²) in [5.74, 6) is -2.21. The highest BCUT2D eigenvalue weighted by molar-refractivity contribution is 7.91. The predicted octanol–water partition coefficient (Wildman–Crippen LogP) is 9.07. The second-order valence-corrected chi connectivity index (χ2v) is 18.2. The van der Waals surface area contributed by atoms with E-state index in [1.807, 2.05) is 12.1 Å². The molecule has 3 unspecified atom stereocenters. The molecule has 0 radical (unpaired) electrons. The number of ether oxygens (including phenoxy) is 1. The van der Waals surface area contributed by atoms with E-state index in [1.165, 1.54) is 5.56 Å². The number of Topliss-reactive ketones (excluding diaryl/α,β-unsaturated/α-hetero) is 1. The summed E-state index contributed by atoms with van der Waals surface area (Å²) in [4.78, 5) is 12.5. The number of carbonyl (C=O) groups is 1. The number of halogens is 5. The summed E-state index contributed by atoms with van der Waals surface area (Å²) in [6.07, 6.45) is 2.70. The molecule has 5 nitrogen and oxygen atoms in total. The van der Waals surface area contributed by atoms with E-state index in [4.69, 9.17) is 4.74 Å². The molecule has 11 heteroatoms. The van der Waals surface area contributed by atoms with Gasteiger partial charge < -0.3 is 9.84 Å². The number of ketones is 1. The van der Waals surface area contributed by atoms with E-state index in [2.05, 4.69) is 26.0 Å². The Labute approximate surface area is 282 Å². The van der Waals surface area contributed by atoms with Gasteiger partial charge in [-0.3, -0.25) is 4.79 Å². The van der Waals surface area contributed by atoms with Crippen molar-refractivity contribution in [3.8, 4) is 5.75 Å². The Balaban J connectivity index is 1.08. The zero-order chi connectivity index (χ0) is 35.0. The number of sulfone groups is 1. The molecule has 1 aromatic carbocycles. The number of aliphatic hydroxyl groups is 1. The van der Waals surface area contributed by atoms with E-state index in [1.54, 1.807) is 0 Å². The maximum absolute atomic E-state index is 13.0. The second kappa shape index (κ2) is 14.5. The van der Waals surface area contributed by atoms with Gasteiger partial charge in [0, 0.05) is 19.3 Å². The van der Waals surface area contributed by atoms with Crippen LogP contribution < -0.4 is 4.74 Å². The van der Waals surface area contributed by atoms with Gasteiger partial charge in [0.2, 0.25) is 0 Å². The van der Waals surface area contributed by atoms with Gasteiger partial charge in [0.05, 0.1) is 24.2 Å². The Bertz CT molecular complexity index is 1360. The van der Waals surface area contributed by atoms with Gasteiger partial charge in [-0.1, -0.05) is 45.2 Å². The smallest absolute Gasteiger partial charge is 0.453 e. The van der Waals surface area contributed by atoms with Crippen molar-refractivity contribution in [1.82, 2.24) is 0 Å². The molecule has 0 heterocycles. The summed E-state index contributed by atoms with van der Waals surface area (Å²) < 4.78 is 92.9. The third kappa shape index (κ3) is 7.92. The van der Waals surface area contributed by atoms with Crippen molar-refractivity contribution >= 4 is 15.6 Å². The molecule has 0 aromatic heterocycles. The molecule has 0 bridgehead atoms. The van der Waals surface area contributed by atoms with Crippen LogP contribution in [0.4, 0.5) is 22.0 Å². The summed E-state index contributed by atoms with van der Waals surface area (Å²) in [6, 6.07) is 8.44. The molecule has 1 aromatic rings. The van der Waals surface area contributed by atoms with Crippen LogP contribution in [0.2, 0.25) is 0 Å². The molecule has 1 N–H and O–H groups in total. The lowest BCUT2D eigenvalue weighted by atomic mass is 9.42. The van der Waals surface area contributed by atoms with Crippen LogP contribution in [-0.2, 0) is 14.6 Å². The fraction of sp³-hybridized carbons (Fsp3) is 0.811. The molecule has 8 atom stereocenters. The van der Waals surface area contributed by atoms with Gasteiger partial charge in [0.15, 0.2) is 0 Å². The number of aliphatic hydroxyl groups excluding tert-OH is 1. The summed E-state index contributed by atoms with van der Waals surface area (Å²) in [7, 11) is -3.67. The number of benzene rings is 1. The first kappa shape index (κ1) is 37.5. The molecule has 4 saturated carbocycles. The predicted molar refractivity (Wildman–Crippen MR) is 175 cm³/mol. The number of alkyl halides is 5. The minimum absolute atomic E-state index is 0.0900. The van der Waals surface area contributed by atoms with Crippen LogP contribution in [0.3, 0.4) is 0 Å². The Morgan fingerprint density at radius 1 is 0.875 bits per heavy atom. The van der Waals surface area contributed by atoms with E-state index < -0.39 is 40.5 Å². The van der Waals surface area contributed by atoms with E-state index in [-0.39, 0.29) is 22.7 Å². The number of rotatable bonds is 14. The van der Waals surface area contributed by atoms with Gasteiger partial charge in [-0.2, -0.15) is 22.0 Å². The van der Waals surface area contributed by atoms with Crippen LogP contribution in [0.5, 0.6) is 5.75 Å². The lowest BCUT2D eigenvalue weighted by molar-refractivity contribution is -0.284. The molecule has 4 aliphatic rings. The van der Waals surface area contributed by atoms with Crippen LogP contribution in [0, 0.1) is 34.5 Å². The van der Waals surface area contributed by atoms with Crippen LogP contribution in [0.15, 0.2) is 24.3 Å². The SMILES string of the molecule is C[C@]12CCC(=O)CC1CC[C@@H]1[C@H]2C(c2ccc(OCCCCCCCS(=O)(=O)CCCC(F)(F)C(F)(F)F)cc2)C[C@]2(C)C(O)CC[C@@H]12. The highest BCUT2D eigenvalue weighted by Gasteiger charge is 2.63. The molecular formula is C37H53F5O5S. The zero-order valence-electron chi connectivity index (χ0n) is 28.4. The quantitative estimate of drug-likeness (QED) is 0.154. The van der Waals surface area contributed by atoms with Crippen molar-refractivity contribution in [3.05, 3.63) is 29.8 Å². The molecule has 0 spiro atoms. The normalized spacial score (nSPS) is 34.0. The number of hydrogen-bond acceptors (Lipinski definition) is 5. The average molecular weight is 705 g/mol. The highest BCUT2D eigenvalue weighted by atomic mass is 32.2. The molecule has 48 heavy (non-hydrogen) atoms. The van der Waals surface area contributed by atoms with Crippen LogP contribution in [0.1, 0.15) is 122 Å². The summed E-state index contributed by atoms with van der Waals surface area (Å²) in [5.41, 5.74) is 1.33. The molecule has 4 fully saturated rings. The first-order valence-electron chi connectivity index (χ1n) is 18.0. The lowest BCUT2D eigenvalue weighted by Crippen LogP contribution is -2.56. The Hall–Kier alpha value is -1.75. The standard InChI is InChI=1S/C37H53F5O5S/c1-34-19-17-27(43)23-26(34)11-14-29-31-15-16-32(44)35(31,2)24-30(33(29)34)25-9-12-28(13-10-25)47-20-6-4-3-5-7-21-48(45,46)22-8-18-36(38,39)37(40,41)42/h9-10,12-13,26,29-33,44H,3-8,11,14-24H2,1-2H3/t26?,29-,30?,31-,32?,33-,34-,35-/m0/s1. The Kier molecular flexibility index (Phi) is 11.3. The summed E-state index contributed by atoms with van der Waals surface area (Å²) in [5, 5.41) is 11.2. The van der Waals surface area contributed by atoms with Gasteiger partial charge >= 0.3 is 12.1 Å². The molecule has 0 saturated heterocycles. The molecular weight excluding hydrogens is 651 g/mol. The van der Waals surface area contributed by atoms with E-state index in [0.717, 1.165) is 63.5 Å².